The van der Waals surface area contributed by atoms with Gasteiger partial charge in [-0.15, -0.1) is 0 Å². The van der Waals surface area contributed by atoms with E-state index in [1.807, 2.05) is 18.6 Å². The second-order valence-corrected chi connectivity index (χ2v) is 8.59. The Labute approximate surface area is 198 Å². The summed E-state index contributed by atoms with van der Waals surface area (Å²) in [6.45, 7) is 2.07. The van der Waals surface area contributed by atoms with E-state index in [2.05, 4.69) is 125 Å². The van der Waals surface area contributed by atoms with Gasteiger partial charge in [-0.05, 0) is 35.2 Å². The standard InChI is InChI=1S/C30H24N4/c1-22-17-27-28(20-32-29(27)31-18-22)23-19-33-34(21-23)30(24-11-5-2-6-12-24,25-13-7-3-8-14-25)26-15-9-4-10-16-26/h2-21H,1H3,(H,31,32). The summed E-state index contributed by atoms with van der Waals surface area (Å²) in [5.41, 5.74) is 6.99. The fraction of sp³-hybridized carbons (Fsp3) is 0.0667. The second-order valence-electron chi connectivity index (χ2n) is 8.59. The monoisotopic (exact) mass is 440 g/mol. The molecular formula is C30H24N4. The predicted molar refractivity (Wildman–Crippen MR) is 137 cm³/mol. The summed E-state index contributed by atoms with van der Waals surface area (Å²) in [5.74, 6) is 0. The molecule has 6 aromatic rings. The van der Waals surface area contributed by atoms with Crippen LogP contribution in [0.4, 0.5) is 0 Å². The van der Waals surface area contributed by atoms with Crippen LogP contribution in [0.2, 0.25) is 0 Å². The zero-order valence-corrected chi connectivity index (χ0v) is 18.9. The number of fused-ring (bicyclic) bond motifs is 1. The van der Waals surface area contributed by atoms with E-state index in [1.165, 1.54) is 0 Å². The molecule has 1 N–H and O–H groups in total. The van der Waals surface area contributed by atoms with Crippen LogP contribution in [0, 0.1) is 6.92 Å². The van der Waals surface area contributed by atoms with E-state index in [0.717, 1.165) is 44.4 Å². The van der Waals surface area contributed by atoms with Gasteiger partial charge in [0.15, 0.2) is 0 Å². The number of pyridine rings is 1. The number of H-pyrrole nitrogens is 1. The molecule has 0 aliphatic heterocycles. The van der Waals surface area contributed by atoms with Gasteiger partial charge in [-0.3, -0.25) is 4.68 Å². The predicted octanol–water partition coefficient (Wildman–Crippen LogP) is 6.58. The molecule has 0 aliphatic carbocycles. The van der Waals surface area contributed by atoms with Gasteiger partial charge < -0.3 is 4.98 Å². The van der Waals surface area contributed by atoms with Crippen molar-refractivity contribution in [3.8, 4) is 11.1 Å². The first-order valence-electron chi connectivity index (χ1n) is 11.4. The Hall–Kier alpha value is -4.44. The Morgan fingerprint density at radius 3 is 1.85 bits per heavy atom. The summed E-state index contributed by atoms with van der Waals surface area (Å²) in [6.07, 6.45) is 8.01. The van der Waals surface area contributed by atoms with Gasteiger partial charge in [-0.2, -0.15) is 5.10 Å². The Morgan fingerprint density at radius 1 is 0.735 bits per heavy atom. The van der Waals surface area contributed by atoms with E-state index in [9.17, 15) is 0 Å². The van der Waals surface area contributed by atoms with Gasteiger partial charge >= 0.3 is 0 Å². The van der Waals surface area contributed by atoms with E-state index in [0.29, 0.717) is 0 Å². The number of aryl methyl sites for hydroxylation is 1. The van der Waals surface area contributed by atoms with Crippen molar-refractivity contribution >= 4 is 11.0 Å². The zero-order chi connectivity index (χ0) is 23.0. The fourth-order valence-electron chi connectivity index (χ4n) is 4.93. The topological polar surface area (TPSA) is 46.5 Å². The summed E-state index contributed by atoms with van der Waals surface area (Å²) in [7, 11) is 0. The lowest BCUT2D eigenvalue weighted by molar-refractivity contribution is 0.460. The number of hydrogen-bond acceptors (Lipinski definition) is 2. The van der Waals surface area contributed by atoms with Gasteiger partial charge in [0, 0.05) is 35.1 Å². The number of nitrogens with one attached hydrogen (secondary N) is 1. The van der Waals surface area contributed by atoms with Crippen LogP contribution in [0.3, 0.4) is 0 Å². The SMILES string of the molecule is Cc1cnc2[nH]cc(-c3cnn(C(c4ccccc4)(c4ccccc4)c4ccccc4)c3)c2c1. The van der Waals surface area contributed by atoms with Gasteiger partial charge in [0.05, 0.1) is 6.20 Å². The molecule has 164 valence electrons. The molecule has 4 nitrogen and oxygen atoms in total. The first kappa shape index (κ1) is 20.2. The third-order valence-electron chi connectivity index (χ3n) is 6.48. The van der Waals surface area contributed by atoms with E-state index >= 15 is 0 Å². The molecule has 0 bridgehead atoms. The lowest BCUT2D eigenvalue weighted by atomic mass is 9.77. The molecule has 0 spiro atoms. The van der Waals surface area contributed by atoms with Crippen LogP contribution in [-0.4, -0.2) is 19.7 Å². The summed E-state index contributed by atoms with van der Waals surface area (Å²) in [4.78, 5) is 7.85. The van der Waals surface area contributed by atoms with Crippen LogP contribution in [0.1, 0.15) is 22.3 Å². The Morgan fingerprint density at radius 2 is 1.29 bits per heavy atom. The lowest BCUT2D eigenvalue weighted by Gasteiger charge is -2.36. The first-order chi connectivity index (χ1) is 16.8. The van der Waals surface area contributed by atoms with E-state index in [4.69, 9.17) is 5.10 Å². The van der Waals surface area contributed by atoms with Crippen molar-refractivity contribution in [2.75, 3.05) is 0 Å². The first-order valence-corrected chi connectivity index (χ1v) is 11.4. The summed E-state index contributed by atoms with van der Waals surface area (Å²) < 4.78 is 2.10. The fourth-order valence-corrected chi connectivity index (χ4v) is 4.93. The average molecular weight is 441 g/mol. The van der Waals surface area contributed by atoms with Gasteiger partial charge in [0.25, 0.3) is 0 Å². The minimum absolute atomic E-state index is 0.623. The molecule has 0 saturated carbocycles. The molecule has 0 unspecified atom stereocenters. The zero-order valence-electron chi connectivity index (χ0n) is 18.9. The number of nitrogens with zero attached hydrogens (tertiary/aromatic N) is 3. The highest BCUT2D eigenvalue weighted by Gasteiger charge is 2.39. The van der Waals surface area contributed by atoms with Crippen molar-refractivity contribution in [3.05, 3.63) is 144 Å². The molecule has 3 heterocycles. The largest absolute Gasteiger partial charge is 0.346 e. The molecule has 0 amide bonds. The molecule has 3 aromatic carbocycles. The highest BCUT2D eigenvalue weighted by molar-refractivity contribution is 5.93. The molecule has 34 heavy (non-hydrogen) atoms. The smallest absolute Gasteiger partial charge is 0.138 e. The summed E-state index contributed by atoms with van der Waals surface area (Å²) >= 11 is 0. The van der Waals surface area contributed by atoms with E-state index in [-0.39, 0.29) is 0 Å². The minimum Gasteiger partial charge on any atom is -0.346 e. The van der Waals surface area contributed by atoms with Gasteiger partial charge in [0.2, 0.25) is 0 Å². The van der Waals surface area contributed by atoms with Crippen molar-refractivity contribution in [2.24, 2.45) is 0 Å². The van der Waals surface area contributed by atoms with Crippen molar-refractivity contribution in [1.29, 1.82) is 0 Å². The van der Waals surface area contributed by atoms with Gasteiger partial charge in [0.1, 0.15) is 11.2 Å². The van der Waals surface area contributed by atoms with Crippen LogP contribution in [0.5, 0.6) is 0 Å². The van der Waals surface area contributed by atoms with Crippen LogP contribution in [0.25, 0.3) is 22.2 Å². The maximum atomic E-state index is 4.99. The van der Waals surface area contributed by atoms with Crippen LogP contribution in [-0.2, 0) is 5.54 Å². The van der Waals surface area contributed by atoms with Crippen molar-refractivity contribution < 1.29 is 0 Å². The molecule has 3 aromatic heterocycles. The van der Waals surface area contributed by atoms with Crippen LogP contribution in [0.15, 0.2) is 122 Å². The van der Waals surface area contributed by atoms with Crippen molar-refractivity contribution in [3.63, 3.8) is 0 Å². The van der Waals surface area contributed by atoms with Crippen molar-refractivity contribution in [2.45, 2.75) is 12.5 Å². The molecule has 0 fully saturated rings. The number of aromatic nitrogens is 4. The number of hydrogen-bond donors (Lipinski definition) is 1. The molecule has 6 rings (SSSR count). The maximum Gasteiger partial charge on any atom is 0.138 e. The Bertz CT molecular complexity index is 1450. The molecule has 0 radical (unpaired) electrons. The minimum atomic E-state index is -0.623. The number of rotatable bonds is 5. The molecule has 0 saturated heterocycles. The highest BCUT2D eigenvalue weighted by atomic mass is 15.3. The third-order valence-corrected chi connectivity index (χ3v) is 6.48. The Balaban J connectivity index is 1.63. The number of benzene rings is 3. The molecule has 4 heteroatoms. The molecular weight excluding hydrogens is 416 g/mol. The maximum absolute atomic E-state index is 4.99. The van der Waals surface area contributed by atoms with Gasteiger partial charge in [-0.1, -0.05) is 91.0 Å². The molecule has 0 atom stereocenters. The van der Waals surface area contributed by atoms with Crippen LogP contribution >= 0.6 is 0 Å². The Kier molecular flexibility index (Phi) is 4.84. The normalized spacial score (nSPS) is 11.7. The number of aromatic amines is 1. The van der Waals surface area contributed by atoms with E-state index < -0.39 is 5.54 Å². The highest BCUT2D eigenvalue weighted by Crippen LogP contribution is 2.41. The second kappa shape index (κ2) is 8.16. The lowest BCUT2D eigenvalue weighted by Crippen LogP contribution is -2.38. The molecule has 0 aliphatic rings. The average Bonchev–Trinajstić information content (AvgIpc) is 3.54. The van der Waals surface area contributed by atoms with E-state index in [1.54, 1.807) is 0 Å². The summed E-state index contributed by atoms with van der Waals surface area (Å²) in [6, 6.07) is 34.0. The summed E-state index contributed by atoms with van der Waals surface area (Å²) in [5, 5.41) is 6.09. The van der Waals surface area contributed by atoms with Crippen molar-refractivity contribution in [1.82, 2.24) is 19.7 Å². The van der Waals surface area contributed by atoms with Gasteiger partial charge in [-0.25, -0.2) is 4.98 Å². The third kappa shape index (κ3) is 3.15. The van der Waals surface area contributed by atoms with Crippen LogP contribution < -0.4 is 0 Å². The quantitative estimate of drug-likeness (QED) is 0.308.